The second-order valence-corrected chi connectivity index (χ2v) is 4.99. The van der Waals surface area contributed by atoms with E-state index in [1.54, 1.807) is 0 Å². The Morgan fingerprint density at radius 2 is 1.82 bits per heavy atom. The minimum atomic E-state index is -4.71. The zero-order chi connectivity index (χ0) is 16.9. The van der Waals surface area contributed by atoms with Gasteiger partial charge >= 0.3 is 12.1 Å². The Kier molecular flexibility index (Phi) is 6.19. The highest BCUT2D eigenvalue weighted by molar-refractivity contribution is 6.30. The lowest BCUT2D eigenvalue weighted by atomic mass is 9.98. The molecule has 0 fully saturated rings. The summed E-state index contributed by atoms with van der Waals surface area (Å²) >= 11 is 5.70. The van der Waals surface area contributed by atoms with E-state index in [0.29, 0.717) is 10.6 Å². The molecule has 2 atom stereocenters. The van der Waals surface area contributed by atoms with Crippen LogP contribution in [-0.4, -0.2) is 35.7 Å². The van der Waals surface area contributed by atoms with Crippen LogP contribution in [0.15, 0.2) is 24.3 Å². The number of rotatable bonds is 6. The van der Waals surface area contributed by atoms with Gasteiger partial charge in [-0.05, 0) is 17.7 Å². The van der Waals surface area contributed by atoms with Gasteiger partial charge in [-0.1, -0.05) is 23.7 Å². The van der Waals surface area contributed by atoms with Crippen LogP contribution >= 0.6 is 11.6 Å². The fraction of sp³-hybridized carbons (Fsp3) is 0.385. The molecule has 1 aromatic rings. The van der Waals surface area contributed by atoms with Gasteiger partial charge < -0.3 is 16.2 Å². The van der Waals surface area contributed by atoms with E-state index in [0.717, 1.165) is 0 Å². The van der Waals surface area contributed by atoms with Gasteiger partial charge in [0, 0.05) is 11.6 Å². The number of nitrogens with one attached hydrogen (secondary N) is 1. The van der Waals surface area contributed by atoms with Crippen molar-refractivity contribution in [2.45, 2.75) is 24.6 Å². The summed E-state index contributed by atoms with van der Waals surface area (Å²) in [4.78, 5) is 22.8. The minimum Gasteiger partial charge on any atom is -0.480 e. The maximum Gasteiger partial charge on any atom is 0.391 e. The number of hydrogen-bond acceptors (Lipinski definition) is 3. The molecule has 0 aromatic heterocycles. The summed E-state index contributed by atoms with van der Waals surface area (Å²) < 4.78 is 36.9. The molecule has 0 radical (unpaired) electrons. The lowest BCUT2D eigenvalue weighted by Crippen LogP contribution is -2.46. The van der Waals surface area contributed by atoms with Gasteiger partial charge in [0.15, 0.2) is 0 Å². The quantitative estimate of drug-likeness (QED) is 0.738. The second-order valence-electron chi connectivity index (χ2n) is 4.56. The molecule has 0 heterocycles. The van der Waals surface area contributed by atoms with Gasteiger partial charge in [-0.15, -0.1) is 0 Å². The minimum absolute atomic E-state index is 0.189. The number of benzene rings is 1. The average molecular weight is 339 g/mol. The molecule has 0 aliphatic carbocycles. The Balaban J connectivity index is 2.86. The molecule has 0 aliphatic heterocycles. The van der Waals surface area contributed by atoms with E-state index in [1.165, 1.54) is 24.3 Å². The van der Waals surface area contributed by atoms with Crippen molar-refractivity contribution < 1.29 is 27.9 Å². The largest absolute Gasteiger partial charge is 0.480 e. The monoisotopic (exact) mass is 338 g/mol. The molecule has 5 nitrogen and oxygen atoms in total. The number of carbonyl (C=O) groups is 2. The highest BCUT2D eigenvalue weighted by Gasteiger charge is 2.37. The Bertz CT molecular complexity index is 534. The number of nitrogens with two attached hydrogens (primary N) is 1. The third kappa shape index (κ3) is 5.53. The average Bonchev–Trinajstić information content (AvgIpc) is 2.39. The molecule has 1 aromatic carbocycles. The Labute approximate surface area is 129 Å². The lowest BCUT2D eigenvalue weighted by Gasteiger charge is -2.20. The number of aliphatic carboxylic acids is 1. The summed E-state index contributed by atoms with van der Waals surface area (Å²) in [6.45, 7) is -0.189. The molecule has 4 N–H and O–H groups in total. The van der Waals surface area contributed by atoms with Crippen molar-refractivity contribution in [2.24, 2.45) is 5.73 Å². The molecule has 22 heavy (non-hydrogen) atoms. The molecule has 0 aliphatic rings. The third-order valence-electron chi connectivity index (χ3n) is 2.87. The maximum absolute atomic E-state index is 12.3. The van der Waals surface area contributed by atoms with Crippen molar-refractivity contribution in [1.29, 1.82) is 0 Å². The van der Waals surface area contributed by atoms with Crippen molar-refractivity contribution in [1.82, 2.24) is 5.32 Å². The van der Waals surface area contributed by atoms with Crippen LogP contribution in [0.1, 0.15) is 17.9 Å². The van der Waals surface area contributed by atoms with E-state index in [4.69, 9.17) is 22.4 Å². The number of carboxylic acid groups (broad SMARTS) is 1. The number of carboxylic acids is 1. The van der Waals surface area contributed by atoms with Crippen LogP contribution in [0.4, 0.5) is 13.2 Å². The van der Waals surface area contributed by atoms with E-state index in [9.17, 15) is 22.8 Å². The molecule has 9 heteroatoms. The van der Waals surface area contributed by atoms with E-state index in [1.807, 2.05) is 5.32 Å². The summed E-state index contributed by atoms with van der Waals surface area (Å²) in [6, 6.07) is 3.93. The Hall–Kier alpha value is -1.80. The zero-order valence-corrected chi connectivity index (χ0v) is 12.0. The molecule has 0 bridgehead atoms. The maximum atomic E-state index is 12.3. The van der Waals surface area contributed by atoms with Crippen molar-refractivity contribution in [3.8, 4) is 0 Å². The molecule has 2 unspecified atom stereocenters. The highest BCUT2D eigenvalue weighted by Crippen LogP contribution is 2.23. The van der Waals surface area contributed by atoms with Gasteiger partial charge in [0.2, 0.25) is 5.91 Å². The summed E-state index contributed by atoms with van der Waals surface area (Å²) in [5.74, 6) is -3.62. The van der Waals surface area contributed by atoms with E-state index >= 15 is 0 Å². The standard InChI is InChI=1S/C13H14ClF3N2O3/c14-8-3-1-7(2-4-8)9(6-18)11(20)19-10(12(21)22)5-13(15,16)17/h1-4,9-10H,5-6,18H2,(H,19,20)(H,21,22). The zero-order valence-electron chi connectivity index (χ0n) is 11.2. The topological polar surface area (TPSA) is 92.4 Å². The van der Waals surface area contributed by atoms with E-state index < -0.39 is 36.4 Å². The Morgan fingerprint density at radius 1 is 1.27 bits per heavy atom. The fourth-order valence-corrected chi connectivity index (χ4v) is 1.92. The van der Waals surface area contributed by atoms with Crippen molar-refractivity contribution in [2.75, 3.05) is 6.54 Å². The van der Waals surface area contributed by atoms with E-state index in [-0.39, 0.29) is 6.54 Å². The molecule has 0 saturated heterocycles. The van der Waals surface area contributed by atoms with Gasteiger partial charge in [0.1, 0.15) is 6.04 Å². The lowest BCUT2D eigenvalue weighted by molar-refractivity contribution is -0.160. The number of halogens is 4. The number of alkyl halides is 3. The van der Waals surface area contributed by atoms with Gasteiger partial charge in [-0.3, -0.25) is 4.79 Å². The molecule has 0 spiro atoms. The van der Waals surface area contributed by atoms with Crippen molar-refractivity contribution in [3.63, 3.8) is 0 Å². The van der Waals surface area contributed by atoms with Crippen molar-refractivity contribution >= 4 is 23.5 Å². The van der Waals surface area contributed by atoms with Crippen molar-refractivity contribution in [3.05, 3.63) is 34.9 Å². The van der Waals surface area contributed by atoms with Crippen LogP contribution < -0.4 is 11.1 Å². The van der Waals surface area contributed by atoms with Gasteiger partial charge in [0.05, 0.1) is 12.3 Å². The predicted octanol–water partition coefficient (Wildman–Crippen LogP) is 1.90. The molecular formula is C13H14ClF3N2O3. The van der Waals surface area contributed by atoms with Crippen LogP contribution in [0.25, 0.3) is 0 Å². The summed E-state index contributed by atoms with van der Waals surface area (Å²) in [5.41, 5.74) is 5.89. The first-order chi connectivity index (χ1) is 10.1. The predicted molar refractivity (Wildman–Crippen MR) is 73.5 cm³/mol. The number of hydrogen-bond donors (Lipinski definition) is 3. The number of carbonyl (C=O) groups excluding carboxylic acids is 1. The van der Waals surface area contributed by atoms with E-state index in [2.05, 4.69) is 0 Å². The molecule has 1 rings (SSSR count). The van der Waals surface area contributed by atoms with Crippen LogP contribution in [0.5, 0.6) is 0 Å². The van der Waals surface area contributed by atoms with Gasteiger partial charge in [-0.2, -0.15) is 13.2 Å². The smallest absolute Gasteiger partial charge is 0.391 e. The SMILES string of the molecule is NCC(C(=O)NC(CC(F)(F)F)C(=O)O)c1ccc(Cl)cc1. The van der Waals surface area contributed by atoms with Crippen LogP contribution in [-0.2, 0) is 9.59 Å². The summed E-state index contributed by atoms with van der Waals surface area (Å²) in [5, 5.41) is 11.1. The van der Waals surface area contributed by atoms with Crippen LogP contribution in [0.3, 0.4) is 0 Å². The van der Waals surface area contributed by atoms with Crippen LogP contribution in [0.2, 0.25) is 5.02 Å². The highest BCUT2D eigenvalue weighted by atomic mass is 35.5. The first kappa shape index (κ1) is 18.2. The molecule has 0 saturated carbocycles. The number of amides is 1. The fourth-order valence-electron chi connectivity index (χ4n) is 1.79. The first-order valence-electron chi connectivity index (χ1n) is 6.19. The first-order valence-corrected chi connectivity index (χ1v) is 6.57. The molecule has 1 amide bonds. The second kappa shape index (κ2) is 7.46. The van der Waals surface area contributed by atoms with Gasteiger partial charge in [-0.25, -0.2) is 4.79 Å². The Morgan fingerprint density at radius 3 is 2.23 bits per heavy atom. The summed E-state index contributed by atoms with van der Waals surface area (Å²) in [7, 11) is 0. The molecule has 122 valence electrons. The van der Waals surface area contributed by atoms with Crippen LogP contribution in [0, 0.1) is 0 Å². The normalized spacial score (nSPS) is 14.2. The van der Waals surface area contributed by atoms with Gasteiger partial charge in [0.25, 0.3) is 0 Å². The third-order valence-corrected chi connectivity index (χ3v) is 3.13. The molecular weight excluding hydrogens is 325 g/mol. The summed E-state index contributed by atoms with van der Waals surface area (Å²) in [6.07, 6.45) is -6.37.